The molecule has 0 atom stereocenters. The number of nitrogens with one attached hydrogen (secondary N) is 1. The van der Waals surface area contributed by atoms with Crippen LogP contribution in [0.3, 0.4) is 0 Å². The normalized spacial score (nSPS) is 10.6. The van der Waals surface area contributed by atoms with Crippen molar-refractivity contribution in [2.75, 3.05) is 0 Å². The minimum atomic E-state index is -0.0444. The molecule has 0 aliphatic heterocycles. The molecule has 0 aromatic heterocycles. The number of benzene rings is 3. The first-order chi connectivity index (χ1) is 13.1. The van der Waals surface area contributed by atoms with E-state index in [9.17, 15) is 4.79 Å². The molecule has 0 unspecified atom stereocenters. The third-order valence-electron chi connectivity index (χ3n) is 4.34. The van der Waals surface area contributed by atoms with Crippen LogP contribution in [0, 0.1) is 13.8 Å². The Balaban J connectivity index is 1.48. The second-order valence-electron chi connectivity index (χ2n) is 6.85. The predicted octanol–water partition coefficient (Wildman–Crippen LogP) is 4.95. The van der Waals surface area contributed by atoms with E-state index < -0.39 is 0 Å². The Morgan fingerprint density at radius 3 is 1.96 bits per heavy atom. The van der Waals surface area contributed by atoms with Crippen molar-refractivity contribution in [1.82, 2.24) is 5.32 Å². The molecule has 0 saturated heterocycles. The second-order valence-corrected chi connectivity index (χ2v) is 6.85. The van der Waals surface area contributed by atoms with E-state index in [-0.39, 0.29) is 5.91 Å². The topological polar surface area (TPSA) is 38.3 Å². The molecule has 3 rings (SSSR count). The molecule has 0 aliphatic carbocycles. The first kappa shape index (κ1) is 18.9. The minimum absolute atomic E-state index is 0.0444. The summed E-state index contributed by atoms with van der Waals surface area (Å²) < 4.78 is 5.75. The van der Waals surface area contributed by atoms with Crippen LogP contribution in [0.2, 0.25) is 0 Å². The molecule has 0 heterocycles. The van der Waals surface area contributed by atoms with Crippen LogP contribution in [0.1, 0.15) is 38.2 Å². The first-order valence-electron chi connectivity index (χ1n) is 9.16. The highest BCUT2D eigenvalue weighted by molar-refractivity contribution is 5.94. The minimum Gasteiger partial charge on any atom is -0.372 e. The summed E-state index contributed by atoms with van der Waals surface area (Å²) in [6, 6.07) is 24.2. The predicted molar refractivity (Wildman–Crippen MR) is 108 cm³/mol. The fraction of sp³-hybridized carbons (Fsp3) is 0.208. The van der Waals surface area contributed by atoms with Crippen molar-refractivity contribution >= 4 is 5.91 Å². The lowest BCUT2D eigenvalue weighted by atomic mass is 10.1. The van der Waals surface area contributed by atoms with Crippen molar-refractivity contribution in [3.63, 3.8) is 0 Å². The van der Waals surface area contributed by atoms with Gasteiger partial charge >= 0.3 is 0 Å². The highest BCUT2D eigenvalue weighted by Crippen LogP contribution is 2.11. The van der Waals surface area contributed by atoms with Crippen molar-refractivity contribution < 1.29 is 9.53 Å². The fourth-order valence-electron chi connectivity index (χ4n) is 3.00. The molecule has 3 aromatic rings. The molecule has 3 heteroatoms. The van der Waals surface area contributed by atoms with Gasteiger partial charge in [-0.15, -0.1) is 0 Å². The quantitative estimate of drug-likeness (QED) is 0.648. The molecular formula is C24H25NO2. The van der Waals surface area contributed by atoms with Crippen molar-refractivity contribution in [3.05, 3.63) is 106 Å². The number of ether oxygens (including phenoxy) is 1. The van der Waals surface area contributed by atoms with Gasteiger partial charge in [-0.2, -0.15) is 0 Å². The highest BCUT2D eigenvalue weighted by Gasteiger charge is 2.06. The van der Waals surface area contributed by atoms with Gasteiger partial charge in [0.25, 0.3) is 5.91 Å². The molecule has 27 heavy (non-hydrogen) atoms. The van der Waals surface area contributed by atoms with Gasteiger partial charge in [0, 0.05) is 12.1 Å². The number of carbonyl (C=O) groups excluding carboxylic acids is 1. The van der Waals surface area contributed by atoms with E-state index >= 15 is 0 Å². The van der Waals surface area contributed by atoms with E-state index in [4.69, 9.17) is 4.74 Å². The summed E-state index contributed by atoms with van der Waals surface area (Å²) in [7, 11) is 0. The van der Waals surface area contributed by atoms with E-state index in [1.54, 1.807) is 0 Å². The van der Waals surface area contributed by atoms with E-state index in [2.05, 4.69) is 23.5 Å². The van der Waals surface area contributed by atoms with Gasteiger partial charge in [0.1, 0.15) is 0 Å². The number of carbonyl (C=O) groups is 1. The zero-order valence-electron chi connectivity index (χ0n) is 15.9. The van der Waals surface area contributed by atoms with Gasteiger partial charge in [-0.1, -0.05) is 71.8 Å². The van der Waals surface area contributed by atoms with Gasteiger partial charge in [0.05, 0.1) is 13.2 Å². The Bertz CT molecular complexity index is 866. The maximum atomic E-state index is 12.3. The van der Waals surface area contributed by atoms with Crippen molar-refractivity contribution in [3.8, 4) is 0 Å². The average molecular weight is 359 g/mol. The number of aryl methyl sites for hydroxylation is 2. The summed E-state index contributed by atoms with van der Waals surface area (Å²) >= 11 is 0. The van der Waals surface area contributed by atoms with E-state index in [1.165, 1.54) is 5.56 Å². The SMILES string of the molecule is Cc1cc(C)cc(C(=O)NCc2ccc(COCc3ccccc3)cc2)c1. The fourth-order valence-corrected chi connectivity index (χ4v) is 3.00. The summed E-state index contributed by atoms with van der Waals surface area (Å²) in [6.07, 6.45) is 0. The summed E-state index contributed by atoms with van der Waals surface area (Å²) in [5, 5.41) is 2.98. The van der Waals surface area contributed by atoms with Gasteiger partial charge in [0.15, 0.2) is 0 Å². The van der Waals surface area contributed by atoms with Crippen molar-refractivity contribution in [1.29, 1.82) is 0 Å². The maximum Gasteiger partial charge on any atom is 0.251 e. The van der Waals surface area contributed by atoms with Crippen LogP contribution in [0.5, 0.6) is 0 Å². The lowest BCUT2D eigenvalue weighted by Crippen LogP contribution is -2.23. The molecule has 1 amide bonds. The van der Waals surface area contributed by atoms with Crippen molar-refractivity contribution in [2.45, 2.75) is 33.6 Å². The zero-order valence-corrected chi connectivity index (χ0v) is 15.9. The van der Waals surface area contributed by atoms with Crippen LogP contribution < -0.4 is 5.32 Å². The van der Waals surface area contributed by atoms with Gasteiger partial charge in [-0.25, -0.2) is 0 Å². The summed E-state index contributed by atoms with van der Waals surface area (Å²) in [4.78, 5) is 12.3. The Morgan fingerprint density at radius 2 is 1.33 bits per heavy atom. The lowest BCUT2D eigenvalue weighted by Gasteiger charge is -2.09. The summed E-state index contributed by atoms with van der Waals surface area (Å²) in [5.74, 6) is -0.0444. The van der Waals surface area contributed by atoms with E-state index in [0.717, 1.165) is 22.3 Å². The molecule has 0 bridgehead atoms. The maximum absolute atomic E-state index is 12.3. The Labute approximate surface area is 161 Å². The monoisotopic (exact) mass is 359 g/mol. The molecule has 138 valence electrons. The molecule has 0 spiro atoms. The number of rotatable bonds is 7. The first-order valence-corrected chi connectivity index (χ1v) is 9.16. The summed E-state index contributed by atoms with van der Waals surface area (Å²) in [5.41, 5.74) is 6.26. The van der Waals surface area contributed by atoms with Gasteiger partial charge in [-0.05, 0) is 42.7 Å². The van der Waals surface area contributed by atoms with Crippen LogP contribution >= 0.6 is 0 Å². The Kier molecular flexibility index (Phi) is 6.39. The summed E-state index contributed by atoms with van der Waals surface area (Å²) in [6.45, 7) is 5.69. The van der Waals surface area contributed by atoms with Gasteiger partial charge in [-0.3, -0.25) is 4.79 Å². The van der Waals surface area contributed by atoms with E-state index in [0.29, 0.717) is 25.3 Å². The third-order valence-corrected chi connectivity index (χ3v) is 4.34. The molecule has 3 nitrogen and oxygen atoms in total. The van der Waals surface area contributed by atoms with Crippen LogP contribution in [0.4, 0.5) is 0 Å². The third kappa shape index (κ3) is 5.80. The van der Waals surface area contributed by atoms with Crippen LogP contribution in [0.25, 0.3) is 0 Å². The second kappa shape index (κ2) is 9.15. The van der Waals surface area contributed by atoms with Gasteiger partial charge in [0.2, 0.25) is 0 Å². The Hall–Kier alpha value is -2.91. The zero-order chi connectivity index (χ0) is 19.1. The molecule has 1 N–H and O–H groups in total. The smallest absolute Gasteiger partial charge is 0.251 e. The van der Waals surface area contributed by atoms with Gasteiger partial charge < -0.3 is 10.1 Å². The number of hydrogen-bond acceptors (Lipinski definition) is 2. The van der Waals surface area contributed by atoms with Crippen LogP contribution in [-0.4, -0.2) is 5.91 Å². The standard InChI is InChI=1S/C24H25NO2/c1-18-12-19(2)14-23(13-18)24(26)25-15-20-8-10-22(11-9-20)17-27-16-21-6-4-3-5-7-21/h3-14H,15-17H2,1-2H3,(H,25,26). The molecule has 0 radical (unpaired) electrons. The average Bonchev–Trinajstić information content (AvgIpc) is 2.67. The lowest BCUT2D eigenvalue weighted by molar-refractivity contribution is 0.0950. The Morgan fingerprint density at radius 1 is 0.778 bits per heavy atom. The highest BCUT2D eigenvalue weighted by atomic mass is 16.5. The molecule has 0 fully saturated rings. The molecule has 0 aliphatic rings. The van der Waals surface area contributed by atoms with Crippen LogP contribution in [0.15, 0.2) is 72.8 Å². The largest absolute Gasteiger partial charge is 0.372 e. The molecular weight excluding hydrogens is 334 g/mol. The molecule has 0 saturated carbocycles. The van der Waals surface area contributed by atoms with Crippen molar-refractivity contribution in [2.24, 2.45) is 0 Å². The van der Waals surface area contributed by atoms with Crippen LogP contribution in [-0.2, 0) is 24.5 Å². The molecule has 3 aromatic carbocycles. The number of hydrogen-bond donors (Lipinski definition) is 1. The van der Waals surface area contributed by atoms with E-state index in [1.807, 2.05) is 68.4 Å². The number of amides is 1.